The topological polar surface area (TPSA) is 111 Å². The second-order valence-corrected chi connectivity index (χ2v) is 11.4. The third kappa shape index (κ3) is 4.69. The van der Waals surface area contributed by atoms with E-state index in [4.69, 9.17) is 4.74 Å². The van der Waals surface area contributed by atoms with Crippen LogP contribution < -0.4 is 15.5 Å². The van der Waals surface area contributed by atoms with Crippen LogP contribution in [0.25, 0.3) is 0 Å². The van der Waals surface area contributed by atoms with E-state index in [9.17, 15) is 19.5 Å². The lowest BCUT2D eigenvalue weighted by Gasteiger charge is -2.37. The number of ether oxygens (including phenoxy) is 1. The predicted molar refractivity (Wildman–Crippen MR) is 159 cm³/mol. The molecule has 3 N–H and O–H groups in total. The number of para-hydroxylation sites is 1. The summed E-state index contributed by atoms with van der Waals surface area (Å²) in [4.78, 5) is 46.0. The van der Waals surface area contributed by atoms with Gasteiger partial charge in [0.2, 0.25) is 17.7 Å². The lowest BCUT2D eigenvalue weighted by molar-refractivity contribution is -0.148. The Bertz CT molecular complexity index is 1260. The molecule has 3 saturated heterocycles. The maximum Gasteiger partial charge on any atom is 0.250 e. The molecule has 220 valence electrons. The zero-order valence-electron chi connectivity index (χ0n) is 24.4. The van der Waals surface area contributed by atoms with Crippen LogP contribution >= 0.6 is 0 Å². The first-order valence-corrected chi connectivity index (χ1v) is 14.9. The highest BCUT2D eigenvalue weighted by Crippen LogP contribution is 2.64. The van der Waals surface area contributed by atoms with Crippen LogP contribution in [-0.2, 0) is 19.1 Å². The van der Waals surface area contributed by atoms with Gasteiger partial charge in [0, 0.05) is 30.2 Å². The highest BCUT2D eigenvalue weighted by atomic mass is 16.5. The summed E-state index contributed by atoms with van der Waals surface area (Å²) in [5.74, 6) is -2.51. The molecule has 1 spiro atoms. The average Bonchev–Trinajstić information content (AvgIpc) is 3.59. The molecule has 3 aliphatic rings. The Morgan fingerprint density at radius 3 is 2.20 bits per heavy atom. The van der Waals surface area contributed by atoms with Crippen molar-refractivity contribution >= 4 is 34.8 Å². The number of aliphatic hydroxyl groups is 1. The largest absolute Gasteiger partial charge is 0.394 e. The monoisotopic (exact) mass is 562 g/mol. The van der Waals surface area contributed by atoms with Gasteiger partial charge in [0.1, 0.15) is 11.6 Å². The first kappa shape index (κ1) is 29.1. The van der Waals surface area contributed by atoms with Crippen molar-refractivity contribution < 1.29 is 24.2 Å². The molecular weight excluding hydrogens is 520 g/mol. The molecule has 3 aliphatic heterocycles. The molecule has 3 heterocycles. The number of carbonyl (C=O) groups excluding carboxylic acids is 3. The van der Waals surface area contributed by atoms with Crippen LogP contribution in [0.5, 0.6) is 0 Å². The number of benzene rings is 2. The fourth-order valence-electron chi connectivity index (χ4n) is 7.46. The molecule has 0 aromatic heterocycles. The maximum absolute atomic E-state index is 14.3. The summed E-state index contributed by atoms with van der Waals surface area (Å²) in [6, 6.07) is 15.3. The van der Waals surface area contributed by atoms with Crippen LogP contribution in [0.3, 0.4) is 0 Å². The Balaban J connectivity index is 1.50. The van der Waals surface area contributed by atoms with Crippen LogP contribution in [0.15, 0.2) is 54.6 Å². The molecule has 0 saturated carbocycles. The number of carbonyl (C=O) groups is 3. The SMILES string of the molecule is CC[C@@H](CO)N1C(=O)[C@@H]2[C@H](C(=O)Nc3ccccc3)[C@]3(CC)CCC2(O3)C1C(=O)Nc1ccc(N(CC)CC)cc1. The summed E-state index contributed by atoms with van der Waals surface area (Å²) in [6.07, 6.45) is 2.08. The number of fused-ring (bicyclic) bond motifs is 1. The quantitative estimate of drug-likeness (QED) is 0.381. The molecule has 9 heteroatoms. The summed E-state index contributed by atoms with van der Waals surface area (Å²) >= 11 is 0. The standard InChI is InChI=1S/C32H42N4O5/c1-5-23(20-37)36-27(29(39)34-22-14-16-24(17-15-22)35(7-3)8-4)32-19-18-31(6-2,41-32)25(26(32)30(36)40)28(38)33-21-12-10-9-11-13-21/h9-17,23,25-27,37H,5-8,18-20H2,1-4H3,(H,33,38)(H,34,39)/t23-,25+,26-,27?,31-,32?/m0/s1. The molecular formula is C32H42N4O5. The molecule has 2 unspecified atom stereocenters. The van der Waals surface area contributed by atoms with Crippen molar-refractivity contribution in [3.05, 3.63) is 54.6 Å². The number of nitrogens with zero attached hydrogens (tertiary/aromatic N) is 2. The zero-order chi connectivity index (χ0) is 29.4. The smallest absolute Gasteiger partial charge is 0.250 e. The van der Waals surface area contributed by atoms with Gasteiger partial charge in [-0.05, 0) is 75.9 Å². The van der Waals surface area contributed by atoms with Gasteiger partial charge in [-0.15, -0.1) is 0 Å². The minimum absolute atomic E-state index is 0.275. The number of anilines is 3. The Kier molecular flexibility index (Phi) is 8.12. The van der Waals surface area contributed by atoms with E-state index in [-0.39, 0.29) is 24.3 Å². The number of nitrogens with one attached hydrogen (secondary N) is 2. The molecule has 2 aromatic rings. The van der Waals surface area contributed by atoms with E-state index in [1.54, 1.807) is 0 Å². The Labute approximate surface area is 242 Å². The van der Waals surface area contributed by atoms with Crippen LogP contribution in [0.2, 0.25) is 0 Å². The maximum atomic E-state index is 14.3. The van der Waals surface area contributed by atoms with Gasteiger partial charge in [0.25, 0.3) is 0 Å². The summed E-state index contributed by atoms with van der Waals surface area (Å²) in [5.41, 5.74) is 0.333. The first-order chi connectivity index (χ1) is 19.8. The summed E-state index contributed by atoms with van der Waals surface area (Å²) < 4.78 is 6.81. The van der Waals surface area contributed by atoms with Crippen LogP contribution in [0.4, 0.5) is 17.1 Å². The summed E-state index contributed by atoms with van der Waals surface area (Å²) in [6.45, 7) is 9.51. The van der Waals surface area contributed by atoms with Gasteiger partial charge in [-0.3, -0.25) is 14.4 Å². The Hall–Kier alpha value is -3.43. The molecule has 2 bridgehead atoms. The third-order valence-electron chi connectivity index (χ3n) is 9.53. The minimum Gasteiger partial charge on any atom is -0.394 e. The predicted octanol–water partition coefficient (Wildman–Crippen LogP) is 4.04. The van der Waals surface area contributed by atoms with Gasteiger partial charge in [0.15, 0.2) is 0 Å². The summed E-state index contributed by atoms with van der Waals surface area (Å²) in [7, 11) is 0. The van der Waals surface area contributed by atoms with E-state index in [0.717, 1.165) is 18.8 Å². The highest BCUT2D eigenvalue weighted by Gasteiger charge is 2.79. The van der Waals surface area contributed by atoms with E-state index in [2.05, 4.69) is 29.4 Å². The number of rotatable bonds is 11. The molecule has 41 heavy (non-hydrogen) atoms. The van der Waals surface area contributed by atoms with E-state index in [1.807, 2.05) is 68.4 Å². The van der Waals surface area contributed by atoms with Crippen LogP contribution in [0.1, 0.15) is 53.4 Å². The lowest BCUT2D eigenvalue weighted by Crippen LogP contribution is -2.56. The van der Waals surface area contributed by atoms with Crippen LogP contribution in [-0.4, -0.2) is 70.7 Å². The second-order valence-electron chi connectivity index (χ2n) is 11.4. The molecule has 9 nitrogen and oxygen atoms in total. The van der Waals surface area contributed by atoms with Gasteiger partial charge in [-0.1, -0.05) is 32.0 Å². The number of hydrogen-bond acceptors (Lipinski definition) is 6. The van der Waals surface area contributed by atoms with Crippen LogP contribution in [0, 0.1) is 11.8 Å². The highest BCUT2D eigenvalue weighted by molar-refractivity contribution is 6.05. The molecule has 0 aliphatic carbocycles. The number of likely N-dealkylation sites (tertiary alicyclic amines) is 1. The summed E-state index contributed by atoms with van der Waals surface area (Å²) in [5, 5.41) is 16.3. The van der Waals surface area contributed by atoms with E-state index in [0.29, 0.717) is 37.1 Å². The molecule has 6 atom stereocenters. The molecule has 3 fully saturated rings. The molecule has 2 aromatic carbocycles. The van der Waals surface area contributed by atoms with E-state index in [1.165, 1.54) is 4.90 Å². The molecule has 0 radical (unpaired) electrons. The normalized spacial score (nSPS) is 28.9. The van der Waals surface area contributed by atoms with Crippen molar-refractivity contribution in [2.24, 2.45) is 11.8 Å². The number of amides is 3. The second kappa shape index (κ2) is 11.4. The van der Waals surface area contributed by atoms with Crippen molar-refractivity contribution in [3.63, 3.8) is 0 Å². The lowest BCUT2D eigenvalue weighted by atomic mass is 9.65. The van der Waals surface area contributed by atoms with E-state index >= 15 is 0 Å². The third-order valence-corrected chi connectivity index (χ3v) is 9.53. The van der Waals surface area contributed by atoms with Crippen molar-refractivity contribution in [1.29, 1.82) is 0 Å². The van der Waals surface area contributed by atoms with Gasteiger partial charge in [-0.2, -0.15) is 0 Å². The first-order valence-electron chi connectivity index (χ1n) is 14.9. The molecule has 3 amide bonds. The number of hydrogen-bond donors (Lipinski definition) is 3. The Morgan fingerprint density at radius 1 is 0.976 bits per heavy atom. The van der Waals surface area contributed by atoms with Gasteiger partial charge in [0.05, 0.1) is 30.1 Å². The van der Waals surface area contributed by atoms with Crippen molar-refractivity contribution in [1.82, 2.24) is 4.90 Å². The van der Waals surface area contributed by atoms with Gasteiger partial charge < -0.3 is 30.3 Å². The average molecular weight is 563 g/mol. The fourth-order valence-corrected chi connectivity index (χ4v) is 7.46. The fraction of sp³-hybridized carbons (Fsp3) is 0.531. The Morgan fingerprint density at radius 2 is 1.61 bits per heavy atom. The molecule has 5 rings (SSSR count). The van der Waals surface area contributed by atoms with Gasteiger partial charge >= 0.3 is 0 Å². The van der Waals surface area contributed by atoms with Gasteiger partial charge in [-0.25, -0.2) is 0 Å². The number of aliphatic hydroxyl groups excluding tert-OH is 1. The zero-order valence-corrected chi connectivity index (χ0v) is 24.4. The minimum atomic E-state index is -1.15. The van der Waals surface area contributed by atoms with Crippen molar-refractivity contribution in [2.45, 2.75) is 76.7 Å². The van der Waals surface area contributed by atoms with Crippen molar-refractivity contribution in [3.8, 4) is 0 Å². The van der Waals surface area contributed by atoms with E-state index < -0.39 is 35.1 Å². The van der Waals surface area contributed by atoms with Crippen molar-refractivity contribution in [2.75, 3.05) is 35.2 Å².